The van der Waals surface area contributed by atoms with E-state index >= 15 is 0 Å². The number of carbonyl (C=O) groups excluding carboxylic acids is 1. The first-order valence-electron chi connectivity index (χ1n) is 9.42. The highest BCUT2D eigenvalue weighted by atomic mass is 16.7. The topological polar surface area (TPSA) is 58.9 Å². The number of carbonyl (C=O) groups is 1. The molecule has 1 saturated heterocycles. The van der Waals surface area contributed by atoms with E-state index in [1.165, 1.54) is 4.57 Å². The predicted molar refractivity (Wildman–Crippen MR) is 106 cm³/mol. The number of methoxy groups -OCH3 is 1. The number of nitrogens with zero attached hydrogens (tertiary/aromatic N) is 1. The first-order valence-corrected chi connectivity index (χ1v) is 9.42. The molecule has 0 spiro atoms. The predicted octanol–water partition coefficient (Wildman–Crippen LogP) is 3.73. The molecule has 27 heavy (non-hydrogen) atoms. The lowest BCUT2D eigenvalue weighted by Crippen LogP contribution is -2.41. The van der Waals surface area contributed by atoms with Gasteiger partial charge < -0.3 is 18.8 Å². The molecule has 1 aliphatic heterocycles. The molecule has 0 N–H and O–H groups in total. The van der Waals surface area contributed by atoms with Crippen LogP contribution in [0.3, 0.4) is 0 Å². The van der Waals surface area contributed by atoms with E-state index in [4.69, 9.17) is 18.8 Å². The molecule has 0 amide bonds. The van der Waals surface area contributed by atoms with E-state index in [0.29, 0.717) is 17.9 Å². The summed E-state index contributed by atoms with van der Waals surface area (Å²) in [6.45, 7) is 10.5. The number of fused-ring (bicyclic) bond motifs is 1. The van der Waals surface area contributed by atoms with Crippen LogP contribution in [0.15, 0.2) is 24.4 Å². The third-order valence-corrected chi connectivity index (χ3v) is 5.49. The van der Waals surface area contributed by atoms with Crippen molar-refractivity contribution in [2.45, 2.75) is 58.7 Å². The Kier molecular flexibility index (Phi) is 5.28. The van der Waals surface area contributed by atoms with Crippen LogP contribution in [0.4, 0.5) is 4.79 Å². The van der Waals surface area contributed by atoms with Gasteiger partial charge in [-0.05, 0) is 51.7 Å². The molecule has 0 bridgehead atoms. The van der Waals surface area contributed by atoms with Gasteiger partial charge in [0.05, 0.1) is 24.9 Å². The maximum absolute atomic E-state index is 12.5. The summed E-state index contributed by atoms with van der Waals surface area (Å²) >= 11 is 0. The van der Waals surface area contributed by atoms with E-state index in [1.807, 2.05) is 45.9 Å². The summed E-state index contributed by atoms with van der Waals surface area (Å²) in [7, 11) is 1.07. The largest absolute Gasteiger partial charge is 0.495 e. The van der Waals surface area contributed by atoms with Crippen LogP contribution in [0.1, 0.15) is 47.5 Å². The average Bonchev–Trinajstić information content (AvgIpc) is 3.13. The van der Waals surface area contributed by atoms with Gasteiger partial charge in [-0.15, -0.1) is 0 Å². The lowest BCUT2D eigenvalue weighted by molar-refractivity contribution is 0.00578. The number of rotatable bonds is 5. The number of ether oxygens (including phenoxy) is 2. The molecule has 0 atom stereocenters. The summed E-state index contributed by atoms with van der Waals surface area (Å²) in [5, 5.41) is 0.847. The minimum Gasteiger partial charge on any atom is -0.495 e. The molecule has 0 unspecified atom stereocenters. The molecule has 0 radical (unpaired) electrons. The number of benzene rings is 1. The van der Waals surface area contributed by atoms with E-state index in [-0.39, 0.29) is 0 Å². The molecule has 6 nitrogen and oxygen atoms in total. The highest BCUT2D eigenvalue weighted by Gasteiger charge is 2.52. The van der Waals surface area contributed by atoms with Gasteiger partial charge in [0.25, 0.3) is 0 Å². The molecule has 7 heteroatoms. The molecule has 2 heterocycles. The Labute approximate surface area is 160 Å². The Bertz CT molecular complexity index is 826. The van der Waals surface area contributed by atoms with Crippen LogP contribution in [0.5, 0.6) is 5.75 Å². The fraction of sp³-hybridized carbons (Fsp3) is 0.550. The van der Waals surface area contributed by atoms with Crippen molar-refractivity contribution in [3.05, 3.63) is 24.4 Å². The van der Waals surface area contributed by atoms with Crippen LogP contribution in [0.25, 0.3) is 10.9 Å². The maximum Gasteiger partial charge on any atom is 0.495 e. The molecule has 1 aliphatic rings. The average molecular weight is 373 g/mol. The molecule has 2 aromatic rings. The first-order chi connectivity index (χ1) is 12.7. The fourth-order valence-electron chi connectivity index (χ4n) is 3.12. The number of hydrogen-bond donors (Lipinski definition) is 0. The summed E-state index contributed by atoms with van der Waals surface area (Å²) in [5.41, 5.74) is 0.646. The fourth-order valence-corrected chi connectivity index (χ4v) is 3.12. The molecule has 1 aromatic heterocycles. The van der Waals surface area contributed by atoms with Gasteiger partial charge in [-0.1, -0.05) is 19.4 Å². The quantitative estimate of drug-likeness (QED) is 0.590. The summed E-state index contributed by atoms with van der Waals surface area (Å²) in [6, 6.07) is 5.63. The molecular weight excluding hydrogens is 345 g/mol. The monoisotopic (exact) mass is 373 g/mol. The zero-order valence-corrected chi connectivity index (χ0v) is 17.0. The van der Waals surface area contributed by atoms with E-state index in [1.54, 1.807) is 13.3 Å². The van der Waals surface area contributed by atoms with Gasteiger partial charge in [0, 0.05) is 11.6 Å². The Morgan fingerprint density at radius 1 is 1.15 bits per heavy atom. The van der Waals surface area contributed by atoms with Crippen molar-refractivity contribution >= 4 is 29.6 Å². The Balaban J connectivity index is 2.01. The van der Waals surface area contributed by atoms with Gasteiger partial charge in [0.2, 0.25) is 0 Å². The number of hydrogen-bond acceptors (Lipinski definition) is 5. The molecule has 3 rings (SSSR count). The SMILES string of the molecule is CCCCOC(=O)n1ccc2c(B3OC(C)(C)C(C)(C)O3)ccc(OC)c21. The lowest BCUT2D eigenvalue weighted by atomic mass is 9.77. The summed E-state index contributed by atoms with van der Waals surface area (Å²) in [6.07, 6.45) is 3.09. The molecule has 146 valence electrons. The molecule has 0 aliphatic carbocycles. The van der Waals surface area contributed by atoms with Gasteiger partial charge >= 0.3 is 13.2 Å². The number of aromatic nitrogens is 1. The Morgan fingerprint density at radius 3 is 2.41 bits per heavy atom. The van der Waals surface area contributed by atoms with Crippen LogP contribution >= 0.6 is 0 Å². The molecule has 0 saturated carbocycles. The molecular formula is C20H28BNO5. The van der Waals surface area contributed by atoms with Crippen molar-refractivity contribution < 1.29 is 23.6 Å². The Hall–Kier alpha value is -1.99. The van der Waals surface area contributed by atoms with Gasteiger partial charge in [0.15, 0.2) is 0 Å². The van der Waals surface area contributed by atoms with Gasteiger partial charge in [-0.3, -0.25) is 0 Å². The van der Waals surface area contributed by atoms with Crippen molar-refractivity contribution in [1.82, 2.24) is 4.57 Å². The van der Waals surface area contributed by atoms with Crippen LogP contribution in [-0.2, 0) is 14.0 Å². The highest BCUT2D eigenvalue weighted by Crippen LogP contribution is 2.37. The smallest absolute Gasteiger partial charge is 0.495 e. The second kappa shape index (κ2) is 7.21. The maximum atomic E-state index is 12.5. The van der Waals surface area contributed by atoms with Crippen molar-refractivity contribution in [2.75, 3.05) is 13.7 Å². The standard InChI is InChI=1S/C20H28BNO5/c1-7-8-13-25-18(23)22-12-11-14-15(9-10-16(24-6)17(14)22)21-26-19(2,3)20(4,5)27-21/h9-12H,7-8,13H2,1-6H3. The van der Waals surface area contributed by atoms with Crippen molar-refractivity contribution in [3.8, 4) is 5.75 Å². The van der Waals surface area contributed by atoms with Crippen LogP contribution < -0.4 is 10.2 Å². The second-order valence-corrected chi connectivity index (χ2v) is 7.86. The summed E-state index contributed by atoms with van der Waals surface area (Å²) in [5.74, 6) is 0.600. The van der Waals surface area contributed by atoms with E-state index in [2.05, 4.69) is 6.92 Å². The van der Waals surface area contributed by atoms with E-state index in [9.17, 15) is 4.79 Å². The lowest BCUT2D eigenvalue weighted by Gasteiger charge is -2.32. The van der Waals surface area contributed by atoms with Crippen LogP contribution in [-0.4, -0.2) is 42.7 Å². The molecule has 1 fully saturated rings. The van der Waals surface area contributed by atoms with Crippen molar-refractivity contribution in [2.24, 2.45) is 0 Å². The van der Waals surface area contributed by atoms with E-state index < -0.39 is 24.4 Å². The third kappa shape index (κ3) is 3.46. The minimum atomic E-state index is -0.518. The van der Waals surface area contributed by atoms with Crippen molar-refractivity contribution in [1.29, 1.82) is 0 Å². The van der Waals surface area contributed by atoms with E-state index in [0.717, 1.165) is 23.7 Å². The van der Waals surface area contributed by atoms with Gasteiger partial charge in [-0.25, -0.2) is 9.36 Å². The summed E-state index contributed by atoms with van der Waals surface area (Å²) < 4.78 is 24.7. The highest BCUT2D eigenvalue weighted by molar-refractivity contribution is 6.65. The third-order valence-electron chi connectivity index (χ3n) is 5.49. The van der Waals surface area contributed by atoms with Crippen LogP contribution in [0.2, 0.25) is 0 Å². The second-order valence-electron chi connectivity index (χ2n) is 7.86. The van der Waals surface area contributed by atoms with Gasteiger partial charge in [-0.2, -0.15) is 0 Å². The normalized spacial score (nSPS) is 18.1. The zero-order chi connectivity index (χ0) is 19.8. The first kappa shape index (κ1) is 19.8. The van der Waals surface area contributed by atoms with Crippen molar-refractivity contribution in [3.63, 3.8) is 0 Å². The summed E-state index contributed by atoms with van der Waals surface area (Å²) in [4.78, 5) is 12.5. The minimum absolute atomic E-state index is 0.397. The number of unbranched alkanes of at least 4 members (excludes halogenated alkanes) is 1. The molecule has 1 aromatic carbocycles. The van der Waals surface area contributed by atoms with Gasteiger partial charge in [0.1, 0.15) is 11.3 Å². The zero-order valence-electron chi connectivity index (χ0n) is 17.0. The van der Waals surface area contributed by atoms with Crippen LogP contribution in [0, 0.1) is 0 Å². The Morgan fingerprint density at radius 2 is 1.81 bits per heavy atom.